The molecule has 4 atom stereocenters. The number of hydrogen-bond acceptors (Lipinski definition) is 5. The van der Waals surface area contributed by atoms with E-state index in [4.69, 9.17) is 0 Å². The Morgan fingerprint density at radius 2 is 1.87 bits per heavy atom. The van der Waals surface area contributed by atoms with Crippen molar-refractivity contribution in [3.05, 3.63) is 59.3 Å². The molecular weight excluding hydrogens is 490 g/mol. The highest BCUT2D eigenvalue weighted by atomic mass is 16.2. The number of carbonyl (C=O) groups excluding carboxylic acids is 3. The number of hydrogen-bond donors (Lipinski definition) is 3. The first-order valence-corrected chi connectivity index (χ1v) is 14.0. The molecular formula is C31H37N5O3. The van der Waals surface area contributed by atoms with Crippen LogP contribution in [0.3, 0.4) is 0 Å². The fraction of sp³-hybridized carbons (Fsp3) is 0.484. The van der Waals surface area contributed by atoms with Crippen molar-refractivity contribution >= 4 is 34.3 Å². The van der Waals surface area contributed by atoms with E-state index < -0.39 is 5.92 Å². The Labute approximate surface area is 228 Å². The van der Waals surface area contributed by atoms with E-state index in [-0.39, 0.29) is 24.1 Å². The maximum atomic E-state index is 13.2. The minimum atomic E-state index is -0.494. The van der Waals surface area contributed by atoms with E-state index in [0.29, 0.717) is 40.2 Å². The van der Waals surface area contributed by atoms with Gasteiger partial charge in [0, 0.05) is 37.0 Å². The van der Waals surface area contributed by atoms with Gasteiger partial charge in [-0.05, 0) is 66.2 Å². The van der Waals surface area contributed by atoms with Crippen LogP contribution in [0.1, 0.15) is 80.4 Å². The van der Waals surface area contributed by atoms with E-state index in [0.717, 1.165) is 23.4 Å². The molecule has 0 radical (unpaired) electrons. The number of anilines is 1. The fourth-order valence-electron chi connectivity index (χ4n) is 7.40. The van der Waals surface area contributed by atoms with Gasteiger partial charge in [-0.3, -0.25) is 24.4 Å². The van der Waals surface area contributed by atoms with Gasteiger partial charge in [-0.25, -0.2) is 0 Å². The standard InChI is InChI=1S/C31H37N5O3/c1-30(2)20-14-15-31(30,3)24(16-20)32-17-18-8-10-19(11-9-18)28(38)33-23-7-5-6-21-26(35-36(4)27(21)23)22-12-13-25(37)34-29(22)39/h5-11,20,22,24,32H,12-17H2,1-4H3,(H,33,38)(H,34,37,39)/t20-,22?,24+,31+/m1/s1. The Balaban J connectivity index is 1.15. The molecule has 3 fully saturated rings. The number of piperidine rings is 1. The number of nitrogens with one attached hydrogen (secondary N) is 3. The highest BCUT2D eigenvalue weighted by Crippen LogP contribution is 2.65. The molecule has 8 nitrogen and oxygen atoms in total. The Morgan fingerprint density at radius 3 is 2.54 bits per heavy atom. The van der Waals surface area contributed by atoms with Gasteiger partial charge >= 0.3 is 0 Å². The van der Waals surface area contributed by atoms with Crippen LogP contribution in [0, 0.1) is 16.7 Å². The zero-order valence-corrected chi connectivity index (χ0v) is 23.1. The lowest BCUT2D eigenvalue weighted by atomic mass is 9.69. The zero-order chi connectivity index (χ0) is 27.5. The number of benzene rings is 2. The van der Waals surface area contributed by atoms with Crippen molar-refractivity contribution in [1.82, 2.24) is 20.4 Å². The minimum absolute atomic E-state index is 0.201. The summed E-state index contributed by atoms with van der Waals surface area (Å²) in [6, 6.07) is 13.9. The lowest BCUT2D eigenvalue weighted by Gasteiger charge is -2.39. The summed E-state index contributed by atoms with van der Waals surface area (Å²) in [5.74, 6) is -0.474. The largest absolute Gasteiger partial charge is 0.320 e. The summed E-state index contributed by atoms with van der Waals surface area (Å²) < 4.78 is 1.69. The zero-order valence-electron chi connectivity index (χ0n) is 23.1. The molecule has 1 unspecified atom stereocenters. The Morgan fingerprint density at radius 1 is 1.10 bits per heavy atom. The van der Waals surface area contributed by atoms with Crippen molar-refractivity contribution in [2.24, 2.45) is 23.8 Å². The van der Waals surface area contributed by atoms with Crippen molar-refractivity contribution in [1.29, 1.82) is 0 Å². The number of aromatic nitrogens is 2. The molecule has 6 rings (SSSR count). The Bertz CT molecular complexity index is 1470. The van der Waals surface area contributed by atoms with Crippen molar-refractivity contribution in [2.75, 3.05) is 5.32 Å². The van der Waals surface area contributed by atoms with E-state index in [9.17, 15) is 14.4 Å². The SMILES string of the molecule is Cn1nc(C2CCC(=O)NC2=O)c2cccc(NC(=O)c3ccc(CN[C@H]4C[C@H]5CC[C@]4(C)C5(C)C)cc3)c21. The predicted octanol–water partition coefficient (Wildman–Crippen LogP) is 4.65. The van der Waals surface area contributed by atoms with Gasteiger partial charge in [-0.2, -0.15) is 5.10 Å². The van der Waals surface area contributed by atoms with E-state index in [2.05, 4.69) is 41.8 Å². The average molecular weight is 528 g/mol. The van der Waals surface area contributed by atoms with Crippen LogP contribution in [0.5, 0.6) is 0 Å². The second kappa shape index (κ2) is 9.30. The molecule has 1 saturated heterocycles. The molecule has 2 aromatic carbocycles. The third-order valence-corrected chi connectivity index (χ3v) is 10.3. The lowest BCUT2D eigenvalue weighted by Crippen LogP contribution is -2.44. The Hall–Kier alpha value is -3.52. The highest BCUT2D eigenvalue weighted by Gasteiger charge is 2.60. The van der Waals surface area contributed by atoms with Crippen LogP contribution in [0.4, 0.5) is 5.69 Å². The van der Waals surface area contributed by atoms with Gasteiger partial charge in [0.2, 0.25) is 11.8 Å². The second-order valence-corrected chi connectivity index (χ2v) is 12.4. The van der Waals surface area contributed by atoms with E-state index in [1.54, 1.807) is 11.7 Å². The lowest BCUT2D eigenvalue weighted by molar-refractivity contribution is -0.134. The summed E-state index contributed by atoms with van der Waals surface area (Å²) in [5, 5.41) is 14.7. The third-order valence-electron chi connectivity index (χ3n) is 10.3. The molecule has 1 aliphatic heterocycles. The van der Waals surface area contributed by atoms with E-state index in [1.807, 2.05) is 42.5 Å². The summed E-state index contributed by atoms with van der Waals surface area (Å²) in [5.41, 5.74) is 4.46. The number of amides is 3. The summed E-state index contributed by atoms with van der Waals surface area (Å²) in [6.07, 6.45) is 4.59. The summed E-state index contributed by atoms with van der Waals surface area (Å²) in [4.78, 5) is 37.3. The summed E-state index contributed by atoms with van der Waals surface area (Å²) in [6.45, 7) is 8.10. The fourth-order valence-corrected chi connectivity index (χ4v) is 7.40. The molecule has 2 heterocycles. The summed E-state index contributed by atoms with van der Waals surface area (Å²) in [7, 11) is 1.80. The van der Waals surface area contributed by atoms with Crippen molar-refractivity contribution in [3.8, 4) is 0 Å². The molecule has 3 aromatic rings. The van der Waals surface area contributed by atoms with Gasteiger partial charge in [0.05, 0.1) is 22.8 Å². The highest BCUT2D eigenvalue weighted by molar-refractivity contribution is 6.09. The third kappa shape index (κ3) is 4.16. The number of fused-ring (bicyclic) bond motifs is 3. The molecule has 3 amide bonds. The normalized spacial score (nSPS) is 27.6. The molecule has 204 valence electrons. The van der Waals surface area contributed by atoms with Gasteiger partial charge in [-0.15, -0.1) is 0 Å². The van der Waals surface area contributed by atoms with Crippen LogP contribution in [-0.2, 0) is 23.2 Å². The first-order chi connectivity index (χ1) is 18.6. The molecule has 2 saturated carbocycles. The predicted molar refractivity (Wildman–Crippen MR) is 150 cm³/mol. The molecule has 0 spiro atoms. The maximum absolute atomic E-state index is 13.2. The Kier molecular flexibility index (Phi) is 6.14. The first kappa shape index (κ1) is 25.7. The van der Waals surface area contributed by atoms with E-state index >= 15 is 0 Å². The molecule has 8 heteroatoms. The van der Waals surface area contributed by atoms with Crippen molar-refractivity contribution in [3.63, 3.8) is 0 Å². The number of rotatable bonds is 6. The van der Waals surface area contributed by atoms with Gasteiger partial charge < -0.3 is 10.6 Å². The molecule has 1 aromatic heterocycles. The molecule has 3 aliphatic rings. The minimum Gasteiger partial charge on any atom is -0.320 e. The maximum Gasteiger partial charge on any atom is 0.255 e. The van der Waals surface area contributed by atoms with Crippen LogP contribution >= 0.6 is 0 Å². The van der Waals surface area contributed by atoms with Crippen molar-refractivity contribution in [2.45, 2.75) is 71.4 Å². The second-order valence-electron chi connectivity index (χ2n) is 12.4. The van der Waals surface area contributed by atoms with Crippen LogP contribution in [0.25, 0.3) is 10.9 Å². The molecule has 3 N–H and O–H groups in total. The van der Waals surface area contributed by atoms with Gasteiger partial charge in [0.1, 0.15) is 0 Å². The van der Waals surface area contributed by atoms with Crippen LogP contribution in [0.2, 0.25) is 0 Å². The van der Waals surface area contributed by atoms with Crippen molar-refractivity contribution < 1.29 is 14.4 Å². The molecule has 2 bridgehead atoms. The molecule has 39 heavy (non-hydrogen) atoms. The van der Waals surface area contributed by atoms with Gasteiger partial charge in [0.25, 0.3) is 5.91 Å². The quantitative estimate of drug-likeness (QED) is 0.405. The number of aryl methyl sites for hydroxylation is 1. The van der Waals surface area contributed by atoms with E-state index in [1.165, 1.54) is 24.8 Å². The smallest absolute Gasteiger partial charge is 0.255 e. The number of nitrogens with zero attached hydrogens (tertiary/aromatic N) is 2. The topological polar surface area (TPSA) is 105 Å². The van der Waals surface area contributed by atoms with Crippen LogP contribution in [-0.4, -0.2) is 33.5 Å². The van der Waals surface area contributed by atoms with Gasteiger partial charge in [-0.1, -0.05) is 45.0 Å². The van der Waals surface area contributed by atoms with Crippen LogP contribution < -0.4 is 16.0 Å². The van der Waals surface area contributed by atoms with Crippen LogP contribution in [0.15, 0.2) is 42.5 Å². The summed E-state index contributed by atoms with van der Waals surface area (Å²) >= 11 is 0. The van der Waals surface area contributed by atoms with Gasteiger partial charge in [0.15, 0.2) is 0 Å². The number of carbonyl (C=O) groups is 3. The number of imide groups is 1. The monoisotopic (exact) mass is 527 g/mol. The number of para-hydroxylation sites is 1. The average Bonchev–Trinajstić information content (AvgIpc) is 3.43. The first-order valence-electron chi connectivity index (χ1n) is 14.0. The molecule has 2 aliphatic carbocycles.